The smallest absolute Gasteiger partial charge is 0.0471 e. The van der Waals surface area contributed by atoms with Crippen LogP contribution in [0.25, 0.3) is 0 Å². The molecule has 1 saturated carbocycles. The summed E-state index contributed by atoms with van der Waals surface area (Å²) in [7, 11) is 0. The molecule has 0 radical (unpaired) electrons. The van der Waals surface area contributed by atoms with E-state index in [1.54, 1.807) is 0 Å². The normalized spacial score (nSPS) is 18.2. The van der Waals surface area contributed by atoms with Crippen molar-refractivity contribution >= 4 is 0 Å². The third-order valence-electron chi connectivity index (χ3n) is 3.37. The molecule has 0 aromatic heterocycles. The average Bonchev–Trinajstić information content (AvgIpc) is 2.08. The molecule has 0 atom stereocenters. The standard InChI is InChI=1S/C12H25NO/c1-12(2,10-13)7-9-14-8-6-11-4-3-5-11/h11H,3-10,13H2,1-2H3. The van der Waals surface area contributed by atoms with E-state index in [4.69, 9.17) is 10.5 Å². The Kier molecular flexibility index (Phi) is 4.90. The molecule has 0 aromatic carbocycles. The zero-order valence-corrected chi connectivity index (χ0v) is 9.72. The molecule has 1 fully saturated rings. The zero-order chi connectivity index (χ0) is 10.4. The van der Waals surface area contributed by atoms with Crippen molar-refractivity contribution in [3.05, 3.63) is 0 Å². The molecule has 84 valence electrons. The minimum Gasteiger partial charge on any atom is -0.381 e. The van der Waals surface area contributed by atoms with Gasteiger partial charge in [-0.3, -0.25) is 0 Å². The summed E-state index contributed by atoms with van der Waals surface area (Å²) in [6.07, 6.45) is 6.64. The van der Waals surface area contributed by atoms with Gasteiger partial charge in [-0.25, -0.2) is 0 Å². The second kappa shape index (κ2) is 5.72. The molecule has 0 heterocycles. The fourth-order valence-corrected chi connectivity index (χ4v) is 1.58. The summed E-state index contributed by atoms with van der Waals surface area (Å²) in [5.74, 6) is 0.970. The molecule has 2 nitrogen and oxygen atoms in total. The Morgan fingerprint density at radius 1 is 1.29 bits per heavy atom. The molecule has 1 rings (SSSR count). The Hall–Kier alpha value is -0.0800. The van der Waals surface area contributed by atoms with Gasteiger partial charge in [0.15, 0.2) is 0 Å². The maximum Gasteiger partial charge on any atom is 0.0471 e. The Morgan fingerprint density at radius 3 is 2.50 bits per heavy atom. The van der Waals surface area contributed by atoms with Crippen LogP contribution in [0.2, 0.25) is 0 Å². The van der Waals surface area contributed by atoms with Gasteiger partial charge in [0.05, 0.1) is 0 Å². The van der Waals surface area contributed by atoms with E-state index in [2.05, 4.69) is 13.8 Å². The fourth-order valence-electron chi connectivity index (χ4n) is 1.58. The van der Waals surface area contributed by atoms with Crippen molar-refractivity contribution < 1.29 is 4.74 Å². The minimum atomic E-state index is 0.246. The third kappa shape index (κ3) is 4.43. The minimum absolute atomic E-state index is 0.246. The Balaban J connectivity index is 1.88. The highest BCUT2D eigenvalue weighted by molar-refractivity contribution is 4.70. The largest absolute Gasteiger partial charge is 0.381 e. The summed E-state index contributed by atoms with van der Waals surface area (Å²) in [6.45, 7) is 6.96. The van der Waals surface area contributed by atoms with Crippen LogP contribution in [0, 0.1) is 11.3 Å². The van der Waals surface area contributed by atoms with Crippen LogP contribution >= 0.6 is 0 Å². The van der Waals surface area contributed by atoms with Crippen molar-refractivity contribution in [2.24, 2.45) is 17.1 Å². The second-order valence-corrected chi connectivity index (χ2v) is 5.32. The predicted molar refractivity (Wildman–Crippen MR) is 60.2 cm³/mol. The highest BCUT2D eigenvalue weighted by atomic mass is 16.5. The summed E-state index contributed by atoms with van der Waals surface area (Å²) >= 11 is 0. The molecule has 0 amide bonds. The highest BCUT2D eigenvalue weighted by Gasteiger charge is 2.17. The number of nitrogens with two attached hydrogens (primary N) is 1. The lowest BCUT2D eigenvalue weighted by atomic mass is 9.83. The first kappa shape index (κ1) is 12.0. The molecule has 14 heavy (non-hydrogen) atoms. The van der Waals surface area contributed by atoms with Gasteiger partial charge in [0.25, 0.3) is 0 Å². The second-order valence-electron chi connectivity index (χ2n) is 5.32. The van der Waals surface area contributed by atoms with Crippen LogP contribution in [0.3, 0.4) is 0 Å². The molecule has 0 unspecified atom stereocenters. The average molecular weight is 199 g/mol. The third-order valence-corrected chi connectivity index (χ3v) is 3.37. The van der Waals surface area contributed by atoms with Gasteiger partial charge in [0.1, 0.15) is 0 Å². The monoisotopic (exact) mass is 199 g/mol. The van der Waals surface area contributed by atoms with E-state index in [0.29, 0.717) is 0 Å². The Morgan fingerprint density at radius 2 is 2.00 bits per heavy atom. The first-order valence-electron chi connectivity index (χ1n) is 5.92. The molecule has 0 saturated heterocycles. The SMILES string of the molecule is CC(C)(CN)CCOCCC1CCC1. The van der Waals surface area contributed by atoms with Gasteiger partial charge in [-0.2, -0.15) is 0 Å². The quantitative estimate of drug-likeness (QED) is 0.640. The van der Waals surface area contributed by atoms with Crippen LogP contribution < -0.4 is 5.73 Å². The molecule has 1 aliphatic carbocycles. The molecule has 0 aliphatic heterocycles. The first-order chi connectivity index (χ1) is 6.64. The van der Waals surface area contributed by atoms with Gasteiger partial charge in [-0.05, 0) is 30.7 Å². The zero-order valence-electron chi connectivity index (χ0n) is 9.72. The first-order valence-corrected chi connectivity index (χ1v) is 5.92. The van der Waals surface area contributed by atoms with Gasteiger partial charge in [0, 0.05) is 13.2 Å². The van der Waals surface area contributed by atoms with Gasteiger partial charge < -0.3 is 10.5 Å². The number of hydrogen-bond donors (Lipinski definition) is 1. The lowest BCUT2D eigenvalue weighted by Gasteiger charge is -2.25. The van der Waals surface area contributed by atoms with E-state index >= 15 is 0 Å². The van der Waals surface area contributed by atoms with Crippen molar-refractivity contribution in [2.75, 3.05) is 19.8 Å². The maximum atomic E-state index is 5.64. The van der Waals surface area contributed by atoms with E-state index in [1.165, 1.54) is 25.7 Å². The summed E-state index contributed by atoms with van der Waals surface area (Å²) in [6, 6.07) is 0. The van der Waals surface area contributed by atoms with Crippen molar-refractivity contribution in [1.29, 1.82) is 0 Å². The Labute approximate surface area is 88.2 Å². The Bertz CT molecular complexity index is 152. The van der Waals surface area contributed by atoms with Crippen molar-refractivity contribution in [1.82, 2.24) is 0 Å². The van der Waals surface area contributed by atoms with E-state index < -0.39 is 0 Å². The highest BCUT2D eigenvalue weighted by Crippen LogP contribution is 2.29. The van der Waals surface area contributed by atoms with E-state index in [0.717, 1.165) is 32.1 Å². The number of ether oxygens (including phenoxy) is 1. The van der Waals surface area contributed by atoms with E-state index in [1.807, 2.05) is 0 Å². The summed E-state index contributed by atoms with van der Waals surface area (Å²) in [5.41, 5.74) is 5.89. The van der Waals surface area contributed by atoms with Crippen molar-refractivity contribution in [3.8, 4) is 0 Å². The van der Waals surface area contributed by atoms with Gasteiger partial charge >= 0.3 is 0 Å². The molecule has 0 bridgehead atoms. The van der Waals surface area contributed by atoms with Gasteiger partial charge in [-0.15, -0.1) is 0 Å². The number of hydrogen-bond acceptors (Lipinski definition) is 2. The van der Waals surface area contributed by atoms with Crippen LogP contribution in [0.4, 0.5) is 0 Å². The maximum absolute atomic E-state index is 5.64. The van der Waals surface area contributed by atoms with Crippen molar-refractivity contribution in [2.45, 2.75) is 46.0 Å². The molecule has 1 aliphatic rings. The molecular formula is C12H25NO. The molecule has 2 heteroatoms. The lowest BCUT2D eigenvalue weighted by molar-refractivity contribution is 0.0854. The van der Waals surface area contributed by atoms with Crippen LogP contribution in [0.5, 0.6) is 0 Å². The topological polar surface area (TPSA) is 35.2 Å². The van der Waals surface area contributed by atoms with E-state index in [9.17, 15) is 0 Å². The van der Waals surface area contributed by atoms with E-state index in [-0.39, 0.29) is 5.41 Å². The lowest BCUT2D eigenvalue weighted by Crippen LogP contribution is -2.25. The molecular weight excluding hydrogens is 174 g/mol. The molecule has 2 N–H and O–H groups in total. The predicted octanol–water partition coefficient (Wildman–Crippen LogP) is 2.57. The van der Waals surface area contributed by atoms with Crippen LogP contribution in [-0.2, 0) is 4.74 Å². The van der Waals surface area contributed by atoms with Crippen LogP contribution in [0.15, 0.2) is 0 Å². The summed E-state index contributed by atoms with van der Waals surface area (Å²) < 4.78 is 5.62. The van der Waals surface area contributed by atoms with Crippen LogP contribution in [-0.4, -0.2) is 19.8 Å². The number of rotatable bonds is 7. The summed E-state index contributed by atoms with van der Waals surface area (Å²) in [4.78, 5) is 0. The molecule has 0 aromatic rings. The fraction of sp³-hybridized carbons (Fsp3) is 1.00. The van der Waals surface area contributed by atoms with Crippen molar-refractivity contribution in [3.63, 3.8) is 0 Å². The van der Waals surface area contributed by atoms with Gasteiger partial charge in [-0.1, -0.05) is 33.1 Å². The summed E-state index contributed by atoms with van der Waals surface area (Å²) in [5, 5.41) is 0. The van der Waals surface area contributed by atoms with Crippen LogP contribution in [0.1, 0.15) is 46.0 Å². The van der Waals surface area contributed by atoms with Gasteiger partial charge in [0.2, 0.25) is 0 Å². The molecule has 0 spiro atoms.